The van der Waals surface area contributed by atoms with Crippen molar-refractivity contribution in [1.29, 1.82) is 5.26 Å². The van der Waals surface area contributed by atoms with E-state index in [0.29, 0.717) is 12.1 Å². The summed E-state index contributed by atoms with van der Waals surface area (Å²) in [5.41, 5.74) is 1.72. The second kappa shape index (κ2) is 5.63. The van der Waals surface area contributed by atoms with Crippen molar-refractivity contribution in [3.05, 3.63) is 36.8 Å². The Hall–Kier alpha value is -0.984. The summed E-state index contributed by atoms with van der Waals surface area (Å²) in [5, 5.41) is 8.63. The summed E-state index contributed by atoms with van der Waals surface area (Å²) >= 11 is 0. The van der Waals surface area contributed by atoms with Gasteiger partial charge in [-0.15, -0.1) is 6.54 Å². The molecule has 0 amide bonds. The third-order valence-corrected chi connectivity index (χ3v) is 1.75. The minimum Gasteiger partial charge on any atom is -0.405 e. The van der Waals surface area contributed by atoms with Crippen LogP contribution >= 0.6 is 0 Å². The van der Waals surface area contributed by atoms with Gasteiger partial charge in [0.1, 0.15) is 0 Å². The fourth-order valence-corrected chi connectivity index (χ4v) is 0.942. The molecule has 0 aromatic heterocycles. The van der Waals surface area contributed by atoms with Crippen molar-refractivity contribution in [1.82, 2.24) is 0 Å². The molecule has 1 aromatic rings. The van der Waals surface area contributed by atoms with Gasteiger partial charge in [0.25, 0.3) is 0 Å². The van der Waals surface area contributed by atoms with Gasteiger partial charge in [0.2, 0.25) is 0 Å². The van der Waals surface area contributed by atoms with Crippen molar-refractivity contribution < 1.29 is 16.8 Å². The van der Waals surface area contributed by atoms with Crippen LogP contribution in [-0.2, 0) is 16.8 Å². The van der Waals surface area contributed by atoms with Gasteiger partial charge in [0.15, 0.2) is 0 Å². The molecule has 0 aliphatic carbocycles. The monoisotopic (exact) mass is 218 g/mol. The first-order valence-electron chi connectivity index (χ1n) is 3.78. The van der Waals surface area contributed by atoms with Gasteiger partial charge in [-0.05, 0) is 18.2 Å². The van der Waals surface area contributed by atoms with E-state index in [1.807, 2.05) is 30.1 Å². The molecule has 3 heteroatoms. The van der Waals surface area contributed by atoms with E-state index in [9.17, 15) is 0 Å². The molecule has 2 nitrogen and oxygen atoms in total. The van der Waals surface area contributed by atoms with Gasteiger partial charge in [-0.25, -0.2) is 0 Å². The van der Waals surface area contributed by atoms with E-state index in [2.05, 4.69) is 13.0 Å². The Morgan fingerprint density at radius 1 is 1.54 bits per heavy atom. The van der Waals surface area contributed by atoms with Crippen molar-refractivity contribution in [2.75, 3.05) is 18.5 Å². The average Bonchev–Trinajstić information content (AvgIpc) is 2.17. The molecule has 0 saturated heterocycles. The topological polar surface area (TPSA) is 27.0 Å². The zero-order chi connectivity index (χ0) is 8.97. The number of hydrogen-bond acceptors (Lipinski definition) is 2. The van der Waals surface area contributed by atoms with Crippen LogP contribution in [0.25, 0.3) is 0 Å². The van der Waals surface area contributed by atoms with Crippen LogP contribution in [0.15, 0.2) is 24.3 Å². The van der Waals surface area contributed by atoms with Crippen LogP contribution in [0.4, 0.5) is 5.69 Å². The molecule has 0 N–H and O–H groups in total. The van der Waals surface area contributed by atoms with Crippen LogP contribution in [0.1, 0.15) is 5.56 Å². The average molecular weight is 218 g/mol. The van der Waals surface area contributed by atoms with Crippen molar-refractivity contribution in [3.8, 4) is 6.07 Å². The Morgan fingerprint density at radius 3 is 2.77 bits per heavy atom. The van der Waals surface area contributed by atoms with Gasteiger partial charge in [0.05, 0.1) is 11.6 Å². The summed E-state index contributed by atoms with van der Waals surface area (Å²) in [7, 11) is 1.95. The molecule has 1 aromatic carbocycles. The predicted octanol–water partition coefficient (Wildman–Crippen LogP) is 1.83. The Kier molecular flexibility index (Phi) is 5.20. The third-order valence-electron chi connectivity index (χ3n) is 1.75. The molecule has 0 heterocycles. The molecule has 0 unspecified atom stereocenters. The molecule has 0 bridgehead atoms. The van der Waals surface area contributed by atoms with E-state index >= 15 is 0 Å². The van der Waals surface area contributed by atoms with Crippen molar-refractivity contribution >= 4 is 5.69 Å². The minimum atomic E-state index is 0. The Morgan fingerprint density at radius 2 is 2.23 bits per heavy atom. The van der Waals surface area contributed by atoms with Crippen LogP contribution in [0.3, 0.4) is 0 Å². The minimum absolute atomic E-state index is 0. The summed E-state index contributed by atoms with van der Waals surface area (Å²) in [6.07, 6.45) is 0. The molecule has 0 atom stereocenters. The van der Waals surface area contributed by atoms with E-state index in [1.54, 1.807) is 6.07 Å². The maximum atomic E-state index is 8.63. The SMILES string of the molecule is [CH2-]CN(C)c1cccc(C#N)c1.[Co]. The van der Waals surface area contributed by atoms with Gasteiger partial charge in [-0.2, -0.15) is 5.26 Å². The zero-order valence-electron chi connectivity index (χ0n) is 7.45. The van der Waals surface area contributed by atoms with E-state index in [4.69, 9.17) is 5.26 Å². The van der Waals surface area contributed by atoms with Gasteiger partial charge in [-0.3, -0.25) is 0 Å². The summed E-state index contributed by atoms with van der Waals surface area (Å²) < 4.78 is 0. The molecule has 0 aliphatic heterocycles. The predicted molar refractivity (Wildman–Crippen MR) is 49.8 cm³/mol. The third kappa shape index (κ3) is 3.09. The van der Waals surface area contributed by atoms with Gasteiger partial charge < -0.3 is 11.8 Å². The maximum Gasteiger partial charge on any atom is 0.0992 e. The molecular weight excluding hydrogens is 207 g/mol. The molecule has 0 aliphatic rings. The van der Waals surface area contributed by atoms with E-state index in [-0.39, 0.29) is 16.8 Å². The molecular formula is C10H11CoN2-. The van der Waals surface area contributed by atoms with E-state index in [0.717, 1.165) is 5.69 Å². The van der Waals surface area contributed by atoms with Gasteiger partial charge in [-0.1, -0.05) is 6.07 Å². The maximum absolute atomic E-state index is 8.63. The fourth-order valence-electron chi connectivity index (χ4n) is 0.942. The summed E-state index contributed by atoms with van der Waals surface area (Å²) in [6.45, 7) is 4.46. The van der Waals surface area contributed by atoms with Gasteiger partial charge >= 0.3 is 0 Å². The Balaban J connectivity index is 0.00000144. The van der Waals surface area contributed by atoms with E-state index in [1.165, 1.54) is 0 Å². The normalized spacial score (nSPS) is 8.38. The Bertz CT molecular complexity index is 304. The van der Waals surface area contributed by atoms with Crippen LogP contribution in [-0.4, -0.2) is 13.6 Å². The van der Waals surface area contributed by atoms with Crippen molar-refractivity contribution in [3.63, 3.8) is 0 Å². The largest absolute Gasteiger partial charge is 0.405 e. The van der Waals surface area contributed by atoms with Crippen LogP contribution in [0.2, 0.25) is 0 Å². The second-order valence-electron chi connectivity index (χ2n) is 2.58. The molecule has 0 spiro atoms. The molecule has 1 rings (SSSR count). The van der Waals surface area contributed by atoms with Crippen molar-refractivity contribution in [2.45, 2.75) is 0 Å². The summed E-state index contributed by atoms with van der Waals surface area (Å²) in [5.74, 6) is 0. The summed E-state index contributed by atoms with van der Waals surface area (Å²) in [6, 6.07) is 9.58. The van der Waals surface area contributed by atoms with Gasteiger partial charge in [0, 0.05) is 29.5 Å². The summed E-state index contributed by atoms with van der Waals surface area (Å²) in [4.78, 5) is 1.99. The van der Waals surface area contributed by atoms with Crippen LogP contribution in [0.5, 0.6) is 0 Å². The number of anilines is 1. The first kappa shape index (κ1) is 12.0. The van der Waals surface area contributed by atoms with E-state index < -0.39 is 0 Å². The molecule has 0 fully saturated rings. The van der Waals surface area contributed by atoms with Crippen LogP contribution in [0, 0.1) is 18.3 Å². The zero-order valence-corrected chi connectivity index (χ0v) is 8.49. The molecule has 13 heavy (non-hydrogen) atoms. The first-order valence-corrected chi connectivity index (χ1v) is 3.78. The number of hydrogen-bond donors (Lipinski definition) is 0. The second-order valence-corrected chi connectivity index (χ2v) is 2.58. The Labute approximate surface area is 89.4 Å². The number of nitriles is 1. The number of nitrogens with zero attached hydrogens (tertiary/aromatic N) is 2. The molecule has 71 valence electrons. The standard InChI is InChI=1S/C10H11N2.Co/c1-3-12(2)10-6-4-5-9(7-10)8-11;/h4-7H,1,3H2,2H3;/q-1;. The van der Waals surface area contributed by atoms with Crippen LogP contribution < -0.4 is 4.90 Å². The quantitative estimate of drug-likeness (QED) is 0.708. The first-order chi connectivity index (χ1) is 5.77. The molecule has 1 radical (unpaired) electrons. The molecule has 0 saturated carbocycles. The number of benzene rings is 1. The van der Waals surface area contributed by atoms with Crippen molar-refractivity contribution in [2.24, 2.45) is 0 Å². The smallest absolute Gasteiger partial charge is 0.0992 e. The fraction of sp³-hybridized carbons (Fsp3) is 0.200. The number of rotatable bonds is 2.